The van der Waals surface area contributed by atoms with E-state index in [-0.39, 0.29) is 10.8 Å². The van der Waals surface area contributed by atoms with E-state index in [4.69, 9.17) is 17.3 Å². The molecule has 4 nitrogen and oxygen atoms in total. The molecule has 2 N–H and O–H groups in total. The van der Waals surface area contributed by atoms with E-state index in [1.165, 1.54) is 4.57 Å². The van der Waals surface area contributed by atoms with E-state index < -0.39 is 0 Å². The van der Waals surface area contributed by atoms with Crippen LogP contribution in [-0.4, -0.2) is 9.55 Å². The first-order chi connectivity index (χ1) is 5.69. The molecule has 0 unspecified atom stereocenters. The molecule has 5 heteroatoms. The number of hydrogen-bond acceptors (Lipinski definition) is 3. The molecular formula is C7H10ClN3O. The minimum absolute atomic E-state index is 0.199. The minimum atomic E-state index is -0.342. The van der Waals surface area contributed by atoms with Crippen LogP contribution in [0.3, 0.4) is 0 Å². The molecule has 12 heavy (non-hydrogen) atoms. The van der Waals surface area contributed by atoms with Gasteiger partial charge in [-0.1, -0.05) is 11.6 Å². The Hall–Kier alpha value is -0.870. The van der Waals surface area contributed by atoms with E-state index >= 15 is 0 Å². The van der Waals surface area contributed by atoms with Crippen molar-refractivity contribution in [3.8, 4) is 0 Å². The van der Waals surface area contributed by atoms with Gasteiger partial charge < -0.3 is 5.73 Å². The number of aromatic nitrogens is 2. The largest absolute Gasteiger partial charge is 0.349 e. The molecule has 0 fully saturated rings. The standard InChI is InChI=1S/C7H10ClN3O/c1-2-11-5(4-9)3-6(8)10-7(11)12/h3H,2,4,9H2,1H3. The third-order valence-corrected chi connectivity index (χ3v) is 1.78. The van der Waals surface area contributed by atoms with Crippen LogP contribution in [0.2, 0.25) is 5.15 Å². The Morgan fingerprint density at radius 1 is 1.75 bits per heavy atom. The Balaban J connectivity index is 3.34. The summed E-state index contributed by atoms with van der Waals surface area (Å²) >= 11 is 5.58. The zero-order chi connectivity index (χ0) is 9.14. The summed E-state index contributed by atoms with van der Waals surface area (Å²) in [6.07, 6.45) is 0. The molecule has 1 heterocycles. The van der Waals surface area contributed by atoms with Crippen molar-refractivity contribution in [2.45, 2.75) is 20.0 Å². The maximum atomic E-state index is 11.2. The van der Waals surface area contributed by atoms with Crippen LogP contribution in [0.4, 0.5) is 0 Å². The first kappa shape index (κ1) is 9.22. The Labute approximate surface area is 75.0 Å². The lowest BCUT2D eigenvalue weighted by atomic mass is 10.4. The summed E-state index contributed by atoms with van der Waals surface area (Å²) in [6.45, 7) is 2.72. The lowest BCUT2D eigenvalue weighted by Gasteiger charge is -2.07. The second kappa shape index (κ2) is 3.69. The van der Waals surface area contributed by atoms with E-state index in [1.54, 1.807) is 6.07 Å². The molecule has 0 bridgehead atoms. The molecule has 1 aromatic rings. The van der Waals surface area contributed by atoms with E-state index in [9.17, 15) is 4.79 Å². The summed E-state index contributed by atoms with van der Waals surface area (Å²) < 4.78 is 1.49. The molecule has 0 saturated heterocycles. The van der Waals surface area contributed by atoms with Crippen molar-refractivity contribution in [3.05, 3.63) is 27.4 Å². The van der Waals surface area contributed by atoms with Gasteiger partial charge in [-0.2, -0.15) is 4.98 Å². The smallest absolute Gasteiger partial charge is 0.325 e. The fraction of sp³-hybridized carbons (Fsp3) is 0.429. The first-order valence-corrected chi connectivity index (χ1v) is 4.03. The topological polar surface area (TPSA) is 60.9 Å². The van der Waals surface area contributed by atoms with Crippen LogP contribution >= 0.6 is 11.6 Å². The van der Waals surface area contributed by atoms with Gasteiger partial charge in [-0.15, -0.1) is 0 Å². The van der Waals surface area contributed by atoms with E-state index in [0.717, 1.165) is 0 Å². The number of hydrogen-bond donors (Lipinski definition) is 1. The molecule has 0 atom stereocenters. The maximum absolute atomic E-state index is 11.2. The van der Waals surface area contributed by atoms with Crippen LogP contribution in [0.5, 0.6) is 0 Å². The van der Waals surface area contributed by atoms with Crippen LogP contribution in [0.15, 0.2) is 10.9 Å². The zero-order valence-corrected chi connectivity index (χ0v) is 7.51. The van der Waals surface area contributed by atoms with Crippen molar-refractivity contribution in [3.63, 3.8) is 0 Å². The first-order valence-electron chi connectivity index (χ1n) is 3.65. The summed E-state index contributed by atoms with van der Waals surface area (Å²) in [5.74, 6) is 0. The van der Waals surface area contributed by atoms with Crippen LogP contribution in [0, 0.1) is 0 Å². The Morgan fingerprint density at radius 3 is 2.92 bits per heavy atom. The average molecular weight is 188 g/mol. The fourth-order valence-electron chi connectivity index (χ4n) is 1.03. The molecule has 0 aromatic carbocycles. The predicted octanol–water partition coefficient (Wildman–Crippen LogP) is 0.375. The Kier molecular flexibility index (Phi) is 2.83. The normalized spacial score (nSPS) is 10.2. The summed E-state index contributed by atoms with van der Waals surface area (Å²) in [6, 6.07) is 1.60. The van der Waals surface area contributed by atoms with Crippen LogP contribution in [0.1, 0.15) is 12.6 Å². The molecule has 1 aromatic heterocycles. The highest BCUT2D eigenvalue weighted by Crippen LogP contribution is 2.03. The lowest BCUT2D eigenvalue weighted by Crippen LogP contribution is -2.26. The van der Waals surface area contributed by atoms with Gasteiger partial charge in [0.05, 0.1) is 0 Å². The summed E-state index contributed by atoms with van der Waals surface area (Å²) in [7, 11) is 0. The fourth-order valence-corrected chi connectivity index (χ4v) is 1.23. The SMILES string of the molecule is CCn1c(CN)cc(Cl)nc1=O. The number of halogens is 1. The van der Waals surface area contributed by atoms with Gasteiger partial charge in [0.2, 0.25) is 0 Å². The third-order valence-electron chi connectivity index (χ3n) is 1.59. The van der Waals surface area contributed by atoms with E-state index in [2.05, 4.69) is 4.98 Å². The molecule has 0 spiro atoms. The van der Waals surface area contributed by atoms with Gasteiger partial charge in [-0.25, -0.2) is 4.79 Å². The average Bonchev–Trinajstić information content (AvgIpc) is 2.03. The predicted molar refractivity (Wildman–Crippen MR) is 47.1 cm³/mol. The Morgan fingerprint density at radius 2 is 2.42 bits per heavy atom. The van der Waals surface area contributed by atoms with E-state index in [1.807, 2.05) is 6.92 Å². The van der Waals surface area contributed by atoms with Crippen molar-refractivity contribution >= 4 is 11.6 Å². The summed E-state index contributed by atoms with van der Waals surface area (Å²) in [5, 5.41) is 0.199. The molecule has 1 rings (SSSR count). The molecule has 0 aliphatic rings. The Bertz CT molecular complexity index is 334. The second-order valence-electron chi connectivity index (χ2n) is 2.30. The van der Waals surface area contributed by atoms with Gasteiger partial charge in [0, 0.05) is 18.8 Å². The monoisotopic (exact) mass is 187 g/mol. The van der Waals surface area contributed by atoms with Gasteiger partial charge >= 0.3 is 5.69 Å². The van der Waals surface area contributed by atoms with Crippen molar-refractivity contribution in [2.24, 2.45) is 5.73 Å². The molecule has 0 saturated carbocycles. The second-order valence-corrected chi connectivity index (χ2v) is 2.69. The van der Waals surface area contributed by atoms with Gasteiger partial charge in [0.25, 0.3) is 0 Å². The van der Waals surface area contributed by atoms with Crippen molar-refractivity contribution in [1.29, 1.82) is 0 Å². The van der Waals surface area contributed by atoms with Gasteiger partial charge in [0.1, 0.15) is 5.15 Å². The summed E-state index contributed by atoms with van der Waals surface area (Å²) in [4.78, 5) is 14.7. The quantitative estimate of drug-likeness (QED) is 0.681. The number of nitrogens with two attached hydrogens (primary N) is 1. The number of nitrogens with zero attached hydrogens (tertiary/aromatic N) is 2. The molecule has 0 aliphatic carbocycles. The number of rotatable bonds is 2. The zero-order valence-electron chi connectivity index (χ0n) is 6.75. The van der Waals surface area contributed by atoms with Crippen LogP contribution in [-0.2, 0) is 13.1 Å². The molecular weight excluding hydrogens is 178 g/mol. The van der Waals surface area contributed by atoms with Gasteiger partial charge in [-0.3, -0.25) is 4.57 Å². The molecule has 0 aliphatic heterocycles. The van der Waals surface area contributed by atoms with Crippen molar-refractivity contribution < 1.29 is 0 Å². The maximum Gasteiger partial charge on any atom is 0.349 e. The lowest BCUT2D eigenvalue weighted by molar-refractivity contribution is 0.652. The van der Waals surface area contributed by atoms with Crippen molar-refractivity contribution in [2.75, 3.05) is 0 Å². The highest BCUT2D eigenvalue weighted by molar-refractivity contribution is 6.29. The minimum Gasteiger partial charge on any atom is -0.325 e. The van der Waals surface area contributed by atoms with Gasteiger partial charge in [0.15, 0.2) is 0 Å². The highest BCUT2D eigenvalue weighted by Gasteiger charge is 2.02. The van der Waals surface area contributed by atoms with Gasteiger partial charge in [-0.05, 0) is 13.0 Å². The highest BCUT2D eigenvalue weighted by atomic mass is 35.5. The van der Waals surface area contributed by atoms with Crippen molar-refractivity contribution in [1.82, 2.24) is 9.55 Å². The van der Waals surface area contributed by atoms with Crippen LogP contribution < -0.4 is 11.4 Å². The summed E-state index contributed by atoms with van der Waals surface area (Å²) in [5.41, 5.74) is 5.79. The third kappa shape index (κ3) is 1.65. The van der Waals surface area contributed by atoms with Crippen LogP contribution in [0.25, 0.3) is 0 Å². The molecule has 0 amide bonds. The molecule has 66 valence electrons. The molecule has 0 radical (unpaired) electrons. The van der Waals surface area contributed by atoms with E-state index in [0.29, 0.717) is 18.8 Å².